The van der Waals surface area contributed by atoms with Crippen LogP contribution in [-0.2, 0) is 0 Å². The van der Waals surface area contributed by atoms with Gasteiger partial charge < -0.3 is 9.84 Å². The fourth-order valence-corrected chi connectivity index (χ4v) is 3.32. The normalized spacial score (nSPS) is 20.0. The quantitative estimate of drug-likeness (QED) is 0.741. The largest absolute Gasteiger partial charge is 0.339 e. The molecule has 4 nitrogen and oxygen atoms in total. The lowest BCUT2D eigenvalue weighted by Gasteiger charge is -2.25. The van der Waals surface area contributed by atoms with Gasteiger partial charge in [-0.05, 0) is 37.4 Å². The summed E-state index contributed by atoms with van der Waals surface area (Å²) in [5.74, 6) is 1.81. The minimum atomic E-state index is 0. The predicted molar refractivity (Wildman–Crippen MR) is 102 cm³/mol. The topological polar surface area (TPSA) is 51.0 Å². The van der Waals surface area contributed by atoms with Crippen molar-refractivity contribution in [3.63, 3.8) is 0 Å². The maximum Gasteiger partial charge on any atom is 0.230 e. The average Bonchev–Trinajstić information content (AvgIpc) is 3.13. The second-order valence-corrected chi connectivity index (χ2v) is 6.48. The molecular weight excluding hydrogens is 334 g/mol. The van der Waals surface area contributed by atoms with Gasteiger partial charge in [-0.2, -0.15) is 4.98 Å². The first-order valence-corrected chi connectivity index (χ1v) is 8.52. The first-order valence-electron chi connectivity index (χ1n) is 8.52. The summed E-state index contributed by atoms with van der Waals surface area (Å²) < 4.78 is 5.53. The molecule has 25 heavy (non-hydrogen) atoms. The van der Waals surface area contributed by atoms with E-state index in [-0.39, 0.29) is 12.4 Å². The van der Waals surface area contributed by atoms with E-state index in [0.717, 1.165) is 30.8 Å². The van der Waals surface area contributed by atoms with Gasteiger partial charge in [0.1, 0.15) is 0 Å². The molecule has 0 aliphatic carbocycles. The van der Waals surface area contributed by atoms with Crippen LogP contribution < -0.4 is 5.32 Å². The van der Waals surface area contributed by atoms with Gasteiger partial charge in [-0.15, -0.1) is 12.4 Å². The molecule has 2 aromatic carbocycles. The van der Waals surface area contributed by atoms with E-state index in [1.165, 1.54) is 11.1 Å². The highest BCUT2D eigenvalue weighted by molar-refractivity contribution is 5.85. The Hall–Kier alpha value is -2.17. The van der Waals surface area contributed by atoms with Crippen LogP contribution in [0.25, 0.3) is 22.5 Å². The summed E-state index contributed by atoms with van der Waals surface area (Å²) in [7, 11) is 0. The first kappa shape index (κ1) is 17.6. The number of aromatic nitrogens is 2. The molecule has 1 N–H and O–H groups in total. The van der Waals surface area contributed by atoms with E-state index >= 15 is 0 Å². The molecule has 1 aliphatic heterocycles. The maximum atomic E-state index is 5.53. The highest BCUT2D eigenvalue weighted by atomic mass is 35.5. The third kappa shape index (κ3) is 3.91. The number of nitrogens with zero attached hydrogens (tertiary/aromatic N) is 2. The number of benzene rings is 2. The van der Waals surface area contributed by atoms with Crippen LogP contribution in [0.2, 0.25) is 0 Å². The van der Waals surface area contributed by atoms with E-state index in [2.05, 4.69) is 70.9 Å². The lowest BCUT2D eigenvalue weighted by molar-refractivity contribution is 0.295. The SMILES string of the molecule is C[C@H]1C[C@@H](c2nc(-c3ccc(-c4ccccc4)cc3)no2)CCN1.Cl. The maximum absolute atomic E-state index is 5.53. The Morgan fingerprint density at radius 3 is 2.36 bits per heavy atom. The molecule has 3 aromatic rings. The summed E-state index contributed by atoms with van der Waals surface area (Å²) in [4.78, 5) is 4.64. The van der Waals surface area contributed by atoms with Crippen LogP contribution in [0.5, 0.6) is 0 Å². The molecule has 4 rings (SSSR count). The predicted octanol–water partition coefficient (Wildman–Crippen LogP) is 4.68. The number of hydrogen-bond acceptors (Lipinski definition) is 4. The van der Waals surface area contributed by atoms with Gasteiger partial charge in [0.25, 0.3) is 0 Å². The van der Waals surface area contributed by atoms with E-state index in [9.17, 15) is 0 Å². The Bertz CT molecular complexity index is 801. The average molecular weight is 356 g/mol. The Kier molecular flexibility index (Phi) is 5.51. The number of piperidine rings is 1. The van der Waals surface area contributed by atoms with Crippen molar-refractivity contribution in [3.8, 4) is 22.5 Å². The molecular formula is C20H22ClN3O. The van der Waals surface area contributed by atoms with E-state index in [1.54, 1.807) is 0 Å². The van der Waals surface area contributed by atoms with E-state index in [0.29, 0.717) is 17.8 Å². The Labute approximate surface area is 154 Å². The van der Waals surface area contributed by atoms with Crippen LogP contribution in [-0.4, -0.2) is 22.7 Å². The second kappa shape index (κ2) is 7.81. The Balaban J connectivity index is 0.00000182. The van der Waals surface area contributed by atoms with Crippen molar-refractivity contribution in [2.75, 3.05) is 6.54 Å². The summed E-state index contributed by atoms with van der Waals surface area (Å²) in [6.07, 6.45) is 2.10. The zero-order chi connectivity index (χ0) is 16.4. The molecule has 2 atom stereocenters. The third-order valence-electron chi connectivity index (χ3n) is 4.66. The van der Waals surface area contributed by atoms with Crippen molar-refractivity contribution in [2.24, 2.45) is 0 Å². The lowest BCUT2D eigenvalue weighted by Crippen LogP contribution is -2.34. The van der Waals surface area contributed by atoms with Gasteiger partial charge in [0, 0.05) is 17.5 Å². The van der Waals surface area contributed by atoms with Gasteiger partial charge in [-0.1, -0.05) is 59.8 Å². The molecule has 1 fully saturated rings. The number of hydrogen-bond donors (Lipinski definition) is 1. The van der Waals surface area contributed by atoms with Crippen molar-refractivity contribution in [1.82, 2.24) is 15.5 Å². The molecule has 0 spiro atoms. The van der Waals surface area contributed by atoms with Crippen LogP contribution in [0.15, 0.2) is 59.1 Å². The minimum Gasteiger partial charge on any atom is -0.339 e. The summed E-state index contributed by atoms with van der Waals surface area (Å²) in [6, 6.07) is 19.2. The van der Waals surface area contributed by atoms with Gasteiger partial charge in [0.05, 0.1) is 0 Å². The van der Waals surface area contributed by atoms with Crippen molar-refractivity contribution in [2.45, 2.75) is 31.7 Å². The molecule has 0 saturated carbocycles. The van der Waals surface area contributed by atoms with Gasteiger partial charge in [-0.25, -0.2) is 0 Å². The van der Waals surface area contributed by atoms with Crippen molar-refractivity contribution in [1.29, 1.82) is 0 Å². The zero-order valence-electron chi connectivity index (χ0n) is 14.2. The first-order chi connectivity index (χ1) is 11.8. The third-order valence-corrected chi connectivity index (χ3v) is 4.66. The van der Waals surface area contributed by atoms with Gasteiger partial charge in [0.2, 0.25) is 11.7 Å². The molecule has 1 aliphatic rings. The standard InChI is InChI=1S/C20H21N3O.ClH/c1-14-13-18(11-12-21-14)20-22-19(23-24-20)17-9-7-16(8-10-17)15-5-3-2-4-6-15;/h2-10,14,18,21H,11-13H2,1H3;1H/t14-,18-;/m0./s1. The fourth-order valence-electron chi connectivity index (χ4n) is 3.32. The van der Waals surface area contributed by atoms with Crippen LogP contribution >= 0.6 is 12.4 Å². The molecule has 1 aromatic heterocycles. The Morgan fingerprint density at radius 2 is 1.64 bits per heavy atom. The molecule has 2 heterocycles. The van der Waals surface area contributed by atoms with Crippen molar-refractivity contribution in [3.05, 3.63) is 60.5 Å². The molecule has 5 heteroatoms. The van der Waals surface area contributed by atoms with Crippen molar-refractivity contribution >= 4 is 12.4 Å². The molecule has 0 radical (unpaired) electrons. The fraction of sp³-hybridized carbons (Fsp3) is 0.300. The number of halogens is 1. The van der Waals surface area contributed by atoms with Gasteiger partial charge >= 0.3 is 0 Å². The number of rotatable bonds is 3. The van der Waals surface area contributed by atoms with E-state index in [4.69, 9.17) is 4.52 Å². The molecule has 130 valence electrons. The number of nitrogens with one attached hydrogen (secondary N) is 1. The highest BCUT2D eigenvalue weighted by Gasteiger charge is 2.25. The van der Waals surface area contributed by atoms with Gasteiger partial charge in [0.15, 0.2) is 0 Å². The summed E-state index contributed by atoms with van der Waals surface area (Å²) >= 11 is 0. The van der Waals surface area contributed by atoms with Crippen molar-refractivity contribution < 1.29 is 4.52 Å². The molecule has 1 saturated heterocycles. The second-order valence-electron chi connectivity index (χ2n) is 6.48. The van der Waals surface area contributed by atoms with Gasteiger partial charge in [-0.3, -0.25) is 0 Å². The summed E-state index contributed by atoms with van der Waals surface area (Å²) in [6.45, 7) is 3.21. The van der Waals surface area contributed by atoms with Crippen LogP contribution in [0.4, 0.5) is 0 Å². The van der Waals surface area contributed by atoms with Crippen LogP contribution in [0.3, 0.4) is 0 Å². The van der Waals surface area contributed by atoms with Crippen LogP contribution in [0, 0.1) is 0 Å². The smallest absolute Gasteiger partial charge is 0.230 e. The van der Waals surface area contributed by atoms with E-state index < -0.39 is 0 Å². The highest BCUT2D eigenvalue weighted by Crippen LogP contribution is 2.29. The summed E-state index contributed by atoms with van der Waals surface area (Å²) in [5, 5.41) is 7.63. The zero-order valence-corrected chi connectivity index (χ0v) is 15.0. The monoisotopic (exact) mass is 355 g/mol. The Morgan fingerprint density at radius 1 is 0.960 bits per heavy atom. The molecule has 0 amide bonds. The van der Waals surface area contributed by atoms with E-state index in [1.807, 2.05) is 6.07 Å². The van der Waals surface area contributed by atoms with Crippen LogP contribution in [0.1, 0.15) is 31.6 Å². The molecule has 0 unspecified atom stereocenters. The molecule has 0 bridgehead atoms. The lowest BCUT2D eigenvalue weighted by atomic mass is 9.93. The minimum absolute atomic E-state index is 0. The summed E-state index contributed by atoms with van der Waals surface area (Å²) in [5.41, 5.74) is 3.39.